The van der Waals surface area contributed by atoms with Gasteiger partial charge < -0.3 is 11.1 Å². The highest BCUT2D eigenvalue weighted by Gasteiger charge is 2.27. The Morgan fingerprint density at radius 3 is 2.39 bits per heavy atom. The molecule has 1 saturated carbocycles. The van der Waals surface area contributed by atoms with E-state index in [2.05, 4.69) is 26.1 Å². The van der Waals surface area contributed by atoms with E-state index >= 15 is 0 Å². The van der Waals surface area contributed by atoms with Crippen molar-refractivity contribution in [2.45, 2.75) is 64.8 Å². The van der Waals surface area contributed by atoms with Gasteiger partial charge in [-0.25, -0.2) is 0 Å². The Morgan fingerprint density at radius 2 is 1.94 bits per heavy atom. The maximum atomic E-state index is 12.0. The van der Waals surface area contributed by atoms with Gasteiger partial charge in [-0.05, 0) is 38.0 Å². The highest BCUT2D eigenvalue weighted by Crippen LogP contribution is 2.27. The highest BCUT2D eigenvalue weighted by atomic mass is 35.5. The second-order valence-corrected chi connectivity index (χ2v) is 6.27. The molecule has 1 fully saturated rings. The smallest absolute Gasteiger partial charge is 0.220 e. The van der Waals surface area contributed by atoms with Crippen LogP contribution in [-0.4, -0.2) is 18.0 Å². The van der Waals surface area contributed by atoms with E-state index in [-0.39, 0.29) is 23.9 Å². The average Bonchev–Trinajstić information content (AvgIpc) is 2.68. The fourth-order valence-corrected chi connectivity index (χ4v) is 2.95. The summed E-state index contributed by atoms with van der Waals surface area (Å²) in [6, 6.07) is 0. The van der Waals surface area contributed by atoms with Gasteiger partial charge in [0.2, 0.25) is 5.91 Å². The van der Waals surface area contributed by atoms with E-state index in [0.717, 1.165) is 6.42 Å². The first-order valence-electron chi connectivity index (χ1n) is 6.96. The number of rotatable bonds is 6. The van der Waals surface area contributed by atoms with Crippen molar-refractivity contribution in [1.82, 2.24) is 5.32 Å². The first-order valence-corrected chi connectivity index (χ1v) is 6.96. The van der Waals surface area contributed by atoms with Crippen LogP contribution < -0.4 is 11.1 Å². The number of nitrogens with one attached hydrogen (secondary N) is 1. The molecule has 1 amide bonds. The lowest BCUT2D eigenvalue weighted by atomic mass is 9.90. The summed E-state index contributed by atoms with van der Waals surface area (Å²) in [6.45, 7) is 6.90. The summed E-state index contributed by atoms with van der Waals surface area (Å²) in [6.07, 6.45) is 6.65. The topological polar surface area (TPSA) is 55.1 Å². The third-order valence-corrected chi connectivity index (χ3v) is 3.70. The third-order valence-electron chi connectivity index (χ3n) is 3.70. The van der Waals surface area contributed by atoms with Gasteiger partial charge in [0.1, 0.15) is 0 Å². The van der Waals surface area contributed by atoms with Gasteiger partial charge in [0.05, 0.1) is 0 Å². The predicted molar refractivity (Wildman–Crippen MR) is 78.9 cm³/mol. The van der Waals surface area contributed by atoms with Crippen LogP contribution in [0.15, 0.2) is 0 Å². The lowest BCUT2D eigenvalue weighted by molar-refractivity contribution is -0.123. The van der Waals surface area contributed by atoms with Crippen LogP contribution in [0.5, 0.6) is 0 Å². The third kappa shape index (κ3) is 6.05. The zero-order chi connectivity index (χ0) is 12.9. The molecule has 0 bridgehead atoms. The molecule has 4 heteroatoms. The van der Waals surface area contributed by atoms with Crippen molar-refractivity contribution in [2.75, 3.05) is 6.54 Å². The summed E-state index contributed by atoms with van der Waals surface area (Å²) in [4.78, 5) is 12.0. The Morgan fingerprint density at radius 1 is 1.39 bits per heavy atom. The van der Waals surface area contributed by atoms with Gasteiger partial charge in [-0.15, -0.1) is 12.4 Å². The van der Waals surface area contributed by atoms with Crippen molar-refractivity contribution < 1.29 is 4.79 Å². The molecule has 1 aliphatic rings. The monoisotopic (exact) mass is 276 g/mol. The van der Waals surface area contributed by atoms with Crippen molar-refractivity contribution in [2.24, 2.45) is 17.6 Å². The second kappa shape index (κ2) is 8.00. The maximum absolute atomic E-state index is 12.0. The van der Waals surface area contributed by atoms with Gasteiger partial charge in [0.15, 0.2) is 0 Å². The van der Waals surface area contributed by atoms with E-state index in [0.29, 0.717) is 24.8 Å². The molecule has 0 aliphatic heterocycles. The van der Waals surface area contributed by atoms with Gasteiger partial charge >= 0.3 is 0 Å². The van der Waals surface area contributed by atoms with Crippen LogP contribution >= 0.6 is 12.4 Å². The molecule has 1 atom stereocenters. The fraction of sp³-hybridized carbons (Fsp3) is 0.929. The normalized spacial score (nSPS) is 19.4. The van der Waals surface area contributed by atoms with Crippen LogP contribution in [0.3, 0.4) is 0 Å². The summed E-state index contributed by atoms with van der Waals surface area (Å²) >= 11 is 0. The largest absolute Gasteiger partial charge is 0.350 e. The molecule has 0 aromatic rings. The number of nitrogens with two attached hydrogens (primary N) is 1. The molecule has 0 aromatic carbocycles. The van der Waals surface area contributed by atoms with Gasteiger partial charge in [0, 0.05) is 18.5 Å². The fourth-order valence-electron chi connectivity index (χ4n) is 2.95. The van der Waals surface area contributed by atoms with Gasteiger partial charge in [0.25, 0.3) is 0 Å². The second-order valence-electron chi connectivity index (χ2n) is 6.27. The first-order chi connectivity index (χ1) is 7.95. The van der Waals surface area contributed by atoms with Crippen LogP contribution in [0, 0.1) is 11.8 Å². The Hall–Kier alpha value is -0.280. The molecule has 1 unspecified atom stereocenters. The molecule has 3 nitrogen and oxygen atoms in total. The lowest BCUT2D eigenvalue weighted by Crippen LogP contribution is -2.52. The molecular formula is C14H29ClN2O. The quantitative estimate of drug-likeness (QED) is 0.784. The Balaban J connectivity index is 0.00000289. The zero-order valence-electron chi connectivity index (χ0n) is 12.0. The molecule has 1 aliphatic carbocycles. The summed E-state index contributed by atoms with van der Waals surface area (Å²) < 4.78 is 0. The number of halogens is 1. The van der Waals surface area contributed by atoms with Crippen LogP contribution in [0.4, 0.5) is 0 Å². The van der Waals surface area contributed by atoms with E-state index in [9.17, 15) is 4.79 Å². The Bertz CT molecular complexity index is 252. The van der Waals surface area contributed by atoms with E-state index in [1.807, 2.05) is 0 Å². The molecule has 3 N–H and O–H groups in total. The maximum Gasteiger partial charge on any atom is 0.220 e. The van der Waals surface area contributed by atoms with Crippen molar-refractivity contribution >= 4 is 18.3 Å². The highest BCUT2D eigenvalue weighted by molar-refractivity contribution is 5.85. The van der Waals surface area contributed by atoms with Crippen molar-refractivity contribution in [3.8, 4) is 0 Å². The van der Waals surface area contributed by atoms with Crippen molar-refractivity contribution in [3.63, 3.8) is 0 Å². The lowest BCUT2D eigenvalue weighted by Gasteiger charge is -2.31. The minimum Gasteiger partial charge on any atom is -0.350 e. The summed E-state index contributed by atoms with van der Waals surface area (Å²) in [7, 11) is 0. The van der Waals surface area contributed by atoms with E-state index in [4.69, 9.17) is 5.73 Å². The summed E-state index contributed by atoms with van der Waals surface area (Å²) in [5, 5.41) is 3.14. The Kier molecular flexibility index (Phi) is 7.88. The number of carbonyl (C=O) groups is 1. The molecule has 0 aromatic heterocycles. The van der Waals surface area contributed by atoms with Crippen LogP contribution in [0.2, 0.25) is 0 Å². The molecular weight excluding hydrogens is 248 g/mol. The standard InChI is InChI=1S/C14H28N2O.ClH/c1-11(2)9-14(3,10-15)16-13(17)8-12-6-4-5-7-12;/h11-12H,4-10,15H2,1-3H3,(H,16,17);1H. The number of hydrogen-bond acceptors (Lipinski definition) is 2. The molecule has 108 valence electrons. The number of carbonyl (C=O) groups excluding carboxylic acids is 1. The first kappa shape index (κ1) is 17.7. The van der Waals surface area contributed by atoms with Gasteiger partial charge in [-0.3, -0.25) is 4.79 Å². The van der Waals surface area contributed by atoms with Crippen molar-refractivity contribution in [3.05, 3.63) is 0 Å². The molecule has 0 saturated heterocycles. The SMILES string of the molecule is CC(C)CC(C)(CN)NC(=O)CC1CCCC1.Cl. The van der Waals surface area contributed by atoms with Crippen LogP contribution in [-0.2, 0) is 4.79 Å². The molecule has 18 heavy (non-hydrogen) atoms. The zero-order valence-corrected chi connectivity index (χ0v) is 12.8. The molecule has 1 rings (SSSR count). The predicted octanol–water partition coefficient (Wildman–Crippen LogP) is 2.87. The Labute approximate surface area is 118 Å². The van der Waals surface area contributed by atoms with E-state index in [1.165, 1.54) is 25.7 Å². The number of amides is 1. The van der Waals surface area contributed by atoms with Crippen LogP contribution in [0.25, 0.3) is 0 Å². The molecule has 0 radical (unpaired) electrons. The van der Waals surface area contributed by atoms with E-state index < -0.39 is 0 Å². The minimum atomic E-state index is -0.232. The van der Waals surface area contributed by atoms with Gasteiger partial charge in [-0.2, -0.15) is 0 Å². The minimum absolute atomic E-state index is 0. The van der Waals surface area contributed by atoms with Crippen molar-refractivity contribution in [1.29, 1.82) is 0 Å². The van der Waals surface area contributed by atoms with Crippen LogP contribution in [0.1, 0.15) is 59.3 Å². The number of hydrogen-bond donors (Lipinski definition) is 2. The van der Waals surface area contributed by atoms with Gasteiger partial charge in [-0.1, -0.05) is 26.7 Å². The molecule has 0 heterocycles. The summed E-state index contributed by atoms with van der Waals surface area (Å²) in [5.74, 6) is 1.34. The average molecular weight is 277 g/mol. The summed E-state index contributed by atoms with van der Waals surface area (Å²) in [5.41, 5.74) is 5.56. The van der Waals surface area contributed by atoms with E-state index in [1.54, 1.807) is 0 Å². The molecule has 0 spiro atoms.